The summed E-state index contributed by atoms with van der Waals surface area (Å²) in [6, 6.07) is 8.30. The molecule has 70 valence electrons. The number of hydrogen-bond acceptors (Lipinski definition) is 1. The van der Waals surface area contributed by atoms with Crippen LogP contribution in [-0.4, -0.2) is 6.54 Å². The number of benzene rings is 1. The third-order valence-corrected chi connectivity index (χ3v) is 2.03. The highest BCUT2D eigenvalue weighted by Crippen LogP contribution is 2.06. The quantitative estimate of drug-likeness (QED) is 0.779. The molecule has 1 aromatic rings. The highest BCUT2D eigenvalue weighted by Gasteiger charge is 1.95. The first kappa shape index (κ1) is 10.3. The van der Waals surface area contributed by atoms with E-state index < -0.39 is 0 Å². The molecule has 0 unspecified atom stereocenters. The van der Waals surface area contributed by atoms with Gasteiger partial charge in [0.15, 0.2) is 0 Å². The smallest absolute Gasteiger partial charge is 0.0310 e. The van der Waals surface area contributed by atoms with E-state index in [2.05, 4.69) is 31.0 Å². The topological polar surface area (TPSA) is 12.0 Å². The van der Waals surface area contributed by atoms with Crippen LogP contribution < -0.4 is 5.32 Å². The molecule has 0 saturated carbocycles. The van der Waals surface area contributed by atoms with Crippen molar-refractivity contribution in [1.82, 2.24) is 5.32 Å². The fourth-order valence-corrected chi connectivity index (χ4v) is 1.24. The van der Waals surface area contributed by atoms with E-state index >= 15 is 0 Å². The van der Waals surface area contributed by atoms with Crippen molar-refractivity contribution in [3.8, 4) is 0 Å². The van der Waals surface area contributed by atoms with Crippen LogP contribution in [0.1, 0.15) is 11.1 Å². The van der Waals surface area contributed by atoms with Gasteiger partial charge in [0.25, 0.3) is 0 Å². The van der Waals surface area contributed by atoms with Crippen molar-refractivity contribution in [2.45, 2.75) is 13.5 Å². The lowest BCUT2D eigenvalue weighted by Crippen LogP contribution is -2.15. The summed E-state index contributed by atoms with van der Waals surface area (Å²) in [4.78, 5) is 0. The second kappa shape index (κ2) is 5.05. The predicted molar refractivity (Wildman–Crippen MR) is 57.9 cm³/mol. The van der Waals surface area contributed by atoms with Gasteiger partial charge >= 0.3 is 0 Å². The third-order valence-electron chi connectivity index (χ3n) is 1.89. The fourth-order valence-electron chi connectivity index (χ4n) is 1.14. The molecule has 2 heteroatoms. The molecule has 0 heterocycles. The van der Waals surface area contributed by atoms with Gasteiger partial charge in [-0.1, -0.05) is 42.4 Å². The zero-order valence-corrected chi connectivity index (χ0v) is 8.56. The Morgan fingerprint density at radius 3 is 2.77 bits per heavy atom. The van der Waals surface area contributed by atoms with Gasteiger partial charge in [0.1, 0.15) is 0 Å². The van der Waals surface area contributed by atoms with E-state index in [0.29, 0.717) is 11.6 Å². The Bertz CT molecular complexity index is 294. The second-order valence-electron chi connectivity index (χ2n) is 3.05. The zero-order valence-electron chi connectivity index (χ0n) is 7.81. The van der Waals surface area contributed by atoms with E-state index in [-0.39, 0.29) is 0 Å². The molecule has 1 N–H and O–H groups in total. The SMILES string of the molecule is C=C(Cl)CNCc1ccccc1C. The van der Waals surface area contributed by atoms with Crippen LogP contribution in [0.25, 0.3) is 0 Å². The Kier molecular flexibility index (Phi) is 4.00. The normalized spacial score (nSPS) is 10.0. The first-order chi connectivity index (χ1) is 6.20. The van der Waals surface area contributed by atoms with Gasteiger partial charge in [0.2, 0.25) is 0 Å². The Morgan fingerprint density at radius 1 is 1.46 bits per heavy atom. The maximum Gasteiger partial charge on any atom is 0.0310 e. The maximum absolute atomic E-state index is 5.63. The molecule has 1 aromatic carbocycles. The number of hydrogen-bond donors (Lipinski definition) is 1. The minimum absolute atomic E-state index is 0.647. The monoisotopic (exact) mass is 195 g/mol. The summed E-state index contributed by atoms with van der Waals surface area (Å²) >= 11 is 5.63. The number of nitrogens with one attached hydrogen (secondary N) is 1. The molecule has 0 bridgehead atoms. The number of rotatable bonds is 4. The molecule has 0 aliphatic rings. The van der Waals surface area contributed by atoms with Gasteiger partial charge in [0.05, 0.1) is 0 Å². The van der Waals surface area contributed by atoms with Gasteiger partial charge in [-0.3, -0.25) is 0 Å². The standard InChI is InChI=1S/C11H14ClN/c1-9-5-3-4-6-11(9)8-13-7-10(2)12/h3-6,13H,2,7-8H2,1H3. The van der Waals surface area contributed by atoms with Gasteiger partial charge in [-0.05, 0) is 18.1 Å². The van der Waals surface area contributed by atoms with Gasteiger partial charge in [-0.2, -0.15) is 0 Å². The van der Waals surface area contributed by atoms with Crippen molar-refractivity contribution in [2.24, 2.45) is 0 Å². The molecule has 0 radical (unpaired) electrons. The van der Waals surface area contributed by atoms with E-state index in [1.807, 2.05) is 12.1 Å². The predicted octanol–water partition coefficient (Wildman–Crippen LogP) is 2.84. The molecule has 0 atom stereocenters. The Balaban J connectivity index is 2.45. The Hall–Kier alpha value is -0.790. The molecule has 0 aromatic heterocycles. The van der Waals surface area contributed by atoms with Crippen LogP contribution in [0.5, 0.6) is 0 Å². The second-order valence-corrected chi connectivity index (χ2v) is 3.58. The lowest BCUT2D eigenvalue weighted by Gasteiger charge is -2.06. The molecular weight excluding hydrogens is 182 g/mol. The molecule has 1 rings (SSSR count). The molecule has 0 aliphatic heterocycles. The van der Waals surface area contributed by atoms with E-state index in [4.69, 9.17) is 11.6 Å². The van der Waals surface area contributed by atoms with Gasteiger partial charge in [-0.25, -0.2) is 0 Å². The summed E-state index contributed by atoms with van der Waals surface area (Å²) in [6.07, 6.45) is 0. The molecule has 13 heavy (non-hydrogen) atoms. The van der Waals surface area contributed by atoms with Crippen molar-refractivity contribution < 1.29 is 0 Å². The van der Waals surface area contributed by atoms with Crippen LogP contribution in [0, 0.1) is 6.92 Å². The molecule has 0 saturated heterocycles. The van der Waals surface area contributed by atoms with Gasteiger partial charge in [0, 0.05) is 18.1 Å². The largest absolute Gasteiger partial charge is 0.308 e. The lowest BCUT2D eigenvalue weighted by atomic mass is 10.1. The Morgan fingerprint density at radius 2 is 2.15 bits per heavy atom. The maximum atomic E-state index is 5.63. The van der Waals surface area contributed by atoms with E-state index in [9.17, 15) is 0 Å². The molecule has 0 amide bonds. The Labute approximate surface area is 84.4 Å². The van der Waals surface area contributed by atoms with E-state index in [0.717, 1.165) is 6.54 Å². The summed E-state index contributed by atoms with van der Waals surface area (Å²) in [5, 5.41) is 3.86. The van der Waals surface area contributed by atoms with Crippen LogP contribution in [-0.2, 0) is 6.54 Å². The summed E-state index contributed by atoms with van der Waals surface area (Å²) in [5.74, 6) is 0. The van der Waals surface area contributed by atoms with Gasteiger partial charge in [-0.15, -0.1) is 0 Å². The van der Waals surface area contributed by atoms with Crippen LogP contribution in [0.15, 0.2) is 35.9 Å². The third kappa shape index (κ3) is 3.62. The average molecular weight is 196 g/mol. The van der Waals surface area contributed by atoms with Crippen molar-refractivity contribution in [1.29, 1.82) is 0 Å². The summed E-state index contributed by atoms with van der Waals surface area (Å²) in [5.41, 5.74) is 2.61. The van der Waals surface area contributed by atoms with Crippen molar-refractivity contribution in [3.63, 3.8) is 0 Å². The number of halogens is 1. The average Bonchev–Trinajstić information content (AvgIpc) is 2.08. The van der Waals surface area contributed by atoms with Crippen LogP contribution in [0.3, 0.4) is 0 Å². The van der Waals surface area contributed by atoms with Crippen LogP contribution in [0.4, 0.5) is 0 Å². The summed E-state index contributed by atoms with van der Waals surface area (Å²) in [6.45, 7) is 7.22. The summed E-state index contributed by atoms with van der Waals surface area (Å²) < 4.78 is 0. The molecule has 1 nitrogen and oxygen atoms in total. The van der Waals surface area contributed by atoms with E-state index in [1.165, 1.54) is 11.1 Å². The van der Waals surface area contributed by atoms with Crippen molar-refractivity contribution in [3.05, 3.63) is 47.0 Å². The van der Waals surface area contributed by atoms with Crippen LogP contribution >= 0.6 is 11.6 Å². The van der Waals surface area contributed by atoms with Crippen molar-refractivity contribution >= 4 is 11.6 Å². The minimum Gasteiger partial charge on any atom is -0.308 e. The fraction of sp³-hybridized carbons (Fsp3) is 0.273. The molecular formula is C11H14ClN. The first-order valence-corrected chi connectivity index (χ1v) is 4.66. The zero-order chi connectivity index (χ0) is 9.68. The molecule has 0 aliphatic carbocycles. The van der Waals surface area contributed by atoms with E-state index in [1.54, 1.807) is 0 Å². The minimum atomic E-state index is 0.647. The molecule has 0 fully saturated rings. The number of aryl methyl sites for hydroxylation is 1. The van der Waals surface area contributed by atoms with Crippen LogP contribution in [0.2, 0.25) is 0 Å². The highest BCUT2D eigenvalue weighted by molar-refractivity contribution is 6.29. The first-order valence-electron chi connectivity index (χ1n) is 4.28. The lowest BCUT2D eigenvalue weighted by molar-refractivity contribution is 0.751. The molecule has 0 spiro atoms. The highest BCUT2D eigenvalue weighted by atomic mass is 35.5. The summed E-state index contributed by atoms with van der Waals surface area (Å²) in [7, 11) is 0. The van der Waals surface area contributed by atoms with Gasteiger partial charge < -0.3 is 5.32 Å². The van der Waals surface area contributed by atoms with Crippen molar-refractivity contribution in [2.75, 3.05) is 6.54 Å².